The normalized spacial score (nSPS) is 32.5. The summed E-state index contributed by atoms with van der Waals surface area (Å²) in [6.45, 7) is 2.17. The highest BCUT2D eigenvalue weighted by Crippen LogP contribution is 2.55. The molecule has 2 aromatic rings. The van der Waals surface area contributed by atoms with Gasteiger partial charge in [0.15, 0.2) is 11.9 Å². The minimum Gasteiger partial charge on any atom is -0.449 e. The van der Waals surface area contributed by atoms with Crippen molar-refractivity contribution >= 4 is 17.5 Å². The van der Waals surface area contributed by atoms with Crippen LogP contribution < -0.4 is 4.90 Å². The van der Waals surface area contributed by atoms with Gasteiger partial charge in [0.05, 0.1) is 18.0 Å². The monoisotopic (exact) mass is 467 g/mol. The molecule has 2 bridgehead atoms. The number of ether oxygens (including phenoxy) is 3. The highest BCUT2D eigenvalue weighted by molar-refractivity contribution is 5.95. The van der Waals surface area contributed by atoms with Gasteiger partial charge in [0, 0.05) is 13.5 Å². The lowest BCUT2D eigenvalue weighted by Gasteiger charge is -2.53. The van der Waals surface area contributed by atoms with Crippen LogP contribution in [0.4, 0.5) is 16.2 Å². The minimum atomic E-state index is -0.786. The van der Waals surface area contributed by atoms with E-state index in [4.69, 9.17) is 24.0 Å². The first-order chi connectivity index (χ1) is 16.6. The van der Waals surface area contributed by atoms with Crippen molar-refractivity contribution in [2.24, 2.45) is 11.8 Å². The summed E-state index contributed by atoms with van der Waals surface area (Å²) >= 11 is 0. The van der Waals surface area contributed by atoms with Crippen LogP contribution in [-0.4, -0.2) is 37.5 Å². The van der Waals surface area contributed by atoms with E-state index in [0.29, 0.717) is 6.42 Å². The fourth-order valence-electron chi connectivity index (χ4n) is 5.83. The molecular formula is C27H33NO6. The molecule has 1 amide bonds. The Kier molecular flexibility index (Phi) is 6.62. The van der Waals surface area contributed by atoms with Crippen LogP contribution in [0.15, 0.2) is 60.7 Å². The van der Waals surface area contributed by atoms with Gasteiger partial charge in [-0.1, -0.05) is 42.8 Å². The summed E-state index contributed by atoms with van der Waals surface area (Å²) in [5.41, 5.74) is 0.832. The summed E-state index contributed by atoms with van der Waals surface area (Å²) < 4.78 is 17.9. The molecular weight excluding hydrogens is 434 g/mol. The second-order valence-electron chi connectivity index (χ2n) is 9.61. The molecule has 5 atom stereocenters. The first kappa shape index (κ1) is 23.3. The Bertz CT molecular complexity index is 932. The van der Waals surface area contributed by atoms with Crippen LogP contribution in [0.1, 0.15) is 45.4 Å². The first-order valence-electron chi connectivity index (χ1n) is 12.2. The Labute approximate surface area is 200 Å². The molecule has 2 aromatic carbocycles. The van der Waals surface area contributed by atoms with Gasteiger partial charge in [0.25, 0.3) is 0 Å². The topological polar surface area (TPSA) is 66.5 Å². The van der Waals surface area contributed by atoms with Crippen LogP contribution in [0.2, 0.25) is 0 Å². The Balaban J connectivity index is 1.31. The van der Waals surface area contributed by atoms with Crippen molar-refractivity contribution < 1.29 is 28.8 Å². The molecule has 182 valence electrons. The van der Waals surface area contributed by atoms with Gasteiger partial charge in [-0.25, -0.2) is 19.5 Å². The van der Waals surface area contributed by atoms with Gasteiger partial charge in [-0.2, -0.15) is 0 Å². The zero-order valence-corrected chi connectivity index (χ0v) is 19.9. The van der Waals surface area contributed by atoms with Crippen LogP contribution in [-0.2, 0) is 24.0 Å². The lowest BCUT2D eigenvalue weighted by atomic mass is 9.65. The number of anilines is 2. The summed E-state index contributed by atoms with van der Waals surface area (Å²) in [6.07, 6.45) is 4.55. The number of methoxy groups -OCH3 is 1. The lowest BCUT2D eigenvalue weighted by Crippen LogP contribution is -2.63. The van der Waals surface area contributed by atoms with E-state index in [0.717, 1.165) is 43.5 Å². The smallest absolute Gasteiger partial charge is 0.418 e. The van der Waals surface area contributed by atoms with Crippen molar-refractivity contribution in [2.75, 3.05) is 18.6 Å². The zero-order valence-electron chi connectivity index (χ0n) is 19.9. The molecule has 6 rings (SSSR count). The average Bonchev–Trinajstić information content (AvgIpc) is 3.10. The minimum absolute atomic E-state index is 0.0913. The van der Waals surface area contributed by atoms with E-state index >= 15 is 0 Å². The summed E-state index contributed by atoms with van der Waals surface area (Å²) in [5.74, 6) is -0.415. The molecule has 34 heavy (non-hydrogen) atoms. The van der Waals surface area contributed by atoms with Crippen molar-refractivity contribution in [2.45, 2.75) is 63.1 Å². The van der Waals surface area contributed by atoms with Gasteiger partial charge >= 0.3 is 6.09 Å². The largest absolute Gasteiger partial charge is 0.449 e. The molecule has 3 saturated heterocycles. The molecule has 0 radical (unpaired) electrons. The zero-order chi connectivity index (χ0) is 23.6. The summed E-state index contributed by atoms with van der Waals surface area (Å²) in [6, 6.07) is 19.1. The maximum atomic E-state index is 13.2. The van der Waals surface area contributed by atoms with Crippen molar-refractivity contribution in [3.05, 3.63) is 60.7 Å². The van der Waals surface area contributed by atoms with Gasteiger partial charge in [-0.05, 0) is 68.7 Å². The molecule has 1 spiro atoms. The van der Waals surface area contributed by atoms with Crippen molar-refractivity contribution in [1.82, 2.24) is 0 Å². The molecule has 1 aliphatic carbocycles. The third-order valence-corrected chi connectivity index (χ3v) is 7.53. The van der Waals surface area contributed by atoms with E-state index in [1.54, 1.807) is 12.0 Å². The lowest BCUT2D eigenvalue weighted by molar-refractivity contribution is -0.554. The first-order valence-corrected chi connectivity index (χ1v) is 12.2. The second-order valence-corrected chi connectivity index (χ2v) is 9.61. The fourth-order valence-corrected chi connectivity index (χ4v) is 5.83. The van der Waals surface area contributed by atoms with E-state index in [9.17, 15) is 4.79 Å². The molecule has 0 aromatic heterocycles. The number of hydrogen-bond donors (Lipinski definition) is 0. The highest BCUT2D eigenvalue weighted by Gasteiger charge is 2.63. The van der Waals surface area contributed by atoms with Crippen molar-refractivity contribution in [3.63, 3.8) is 0 Å². The fraction of sp³-hybridized carbons (Fsp3) is 0.519. The number of carbonyl (C=O) groups excluding carboxylic acids is 1. The molecule has 3 heterocycles. The van der Waals surface area contributed by atoms with Gasteiger partial charge in [-0.3, -0.25) is 0 Å². The van der Waals surface area contributed by atoms with E-state index in [-0.39, 0.29) is 18.4 Å². The number of para-hydroxylation sites is 2. The number of fused-ring (bicyclic) bond motifs is 3. The van der Waals surface area contributed by atoms with Crippen LogP contribution in [0.25, 0.3) is 0 Å². The maximum Gasteiger partial charge on any atom is 0.418 e. The van der Waals surface area contributed by atoms with Crippen molar-refractivity contribution in [3.8, 4) is 0 Å². The quantitative estimate of drug-likeness (QED) is 0.488. The molecule has 0 N–H and O–H groups in total. The average molecular weight is 468 g/mol. The van der Waals surface area contributed by atoms with Gasteiger partial charge in [-0.15, -0.1) is 0 Å². The number of benzene rings is 2. The van der Waals surface area contributed by atoms with Crippen LogP contribution >= 0.6 is 0 Å². The number of rotatable bonds is 6. The van der Waals surface area contributed by atoms with Crippen molar-refractivity contribution in [1.29, 1.82) is 0 Å². The van der Waals surface area contributed by atoms with Gasteiger partial charge in [0.2, 0.25) is 5.79 Å². The molecule has 4 aliphatic rings. The van der Waals surface area contributed by atoms with Crippen LogP contribution in [0.5, 0.6) is 0 Å². The molecule has 3 aliphatic heterocycles. The predicted molar refractivity (Wildman–Crippen MR) is 126 cm³/mol. The molecule has 7 nitrogen and oxygen atoms in total. The standard InChI is InChI=1S/C27H33NO6/c1-26-18-16-20-10-9-11-21(27(20,34-33-26)24(30-2)32-26)17-19-31-25(29)28(22-12-5-3-6-13-22)23-14-7-4-8-15-23/h3-8,12-15,20-21,24H,9-11,16-19H2,1-2H3/t20-,21+,24-,26-,27-/m1/s1. The van der Waals surface area contributed by atoms with Gasteiger partial charge < -0.3 is 14.2 Å². The van der Waals surface area contributed by atoms with E-state index in [1.165, 1.54) is 0 Å². The Morgan fingerprint density at radius 3 is 2.32 bits per heavy atom. The van der Waals surface area contributed by atoms with E-state index < -0.39 is 23.8 Å². The Hall–Kier alpha value is -2.45. The third-order valence-electron chi connectivity index (χ3n) is 7.53. The van der Waals surface area contributed by atoms with Crippen LogP contribution in [0, 0.1) is 11.8 Å². The molecule has 0 unspecified atom stereocenters. The summed E-state index contributed by atoms with van der Waals surface area (Å²) in [4.78, 5) is 26.8. The van der Waals surface area contributed by atoms with Crippen LogP contribution in [0.3, 0.4) is 0 Å². The maximum absolute atomic E-state index is 13.2. The Morgan fingerprint density at radius 1 is 1.00 bits per heavy atom. The number of hydrogen-bond acceptors (Lipinski definition) is 6. The SMILES string of the molecule is CO[C@@H]1O[C@@]2(C)CC[C@H]3CCC[C@@H](CCOC(=O)N(c4ccccc4)c4ccccc4)[C@]31OO2. The molecule has 7 heteroatoms. The number of amides is 1. The van der Waals surface area contributed by atoms with Gasteiger partial charge in [0.1, 0.15) is 0 Å². The highest BCUT2D eigenvalue weighted by atomic mass is 17.3. The Morgan fingerprint density at radius 2 is 1.68 bits per heavy atom. The predicted octanol–water partition coefficient (Wildman–Crippen LogP) is 5.97. The third kappa shape index (κ3) is 4.22. The van der Waals surface area contributed by atoms with E-state index in [1.807, 2.05) is 67.6 Å². The number of carbonyl (C=O) groups is 1. The van der Waals surface area contributed by atoms with E-state index in [2.05, 4.69) is 0 Å². The molecule has 4 fully saturated rings. The summed E-state index contributed by atoms with van der Waals surface area (Å²) in [5, 5.41) is 0. The summed E-state index contributed by atoms with van der Waals surface area (Å²) in [7, 11) is 1.66. The number of nitrogens with zero attached hydrogens (tertiary/aromatic N) is 1. The second kappa shape index (κ2) is 9.66. The molecule has 1 saturated carbocycles.